The van der Waals surface area contributed by atoms with Gasteiger partial charge in [-0.1, -0.05) is 12.1 Å². The van der Waals surface area contributed by atoms with E-state index in [9.17, 15) is 8.42 Å². The number of rotatable bonds is 3. The second-order valence-corrected chi connectivity index (χ2v) is 6.33. The van der Waals surface area contributed by atoms with Gasteiger partial charge in [0, 0.05) is 0 Å². The van der Waals surface area contributed by atoms with Gasteiger partial charge in [-0.3, -0.25) is 0 Å². The number of aryl methyl sites for hydroxylation is 1. The van der Waals surface area contributed by atoms with E-state index in [1.54, 1.807) is 39.3 Å². The van der Waals surface area contributed by atoms with Gasteiger partial charge < -0.3 is 4.18 Å². The summed E-state index contributed by atoms with van der Waals surface area (Å²) >= 11 is 0. The van der Waals surface area contributed by atoms with E-state index in [2.05, 4.69) is 0 Å². The van der Waals surface area contributed by atoms with Crippen LogP contribution in [0.2, 0.25) is 0 Å². The molecule has 5 heteroatoms. The molecule has 4 nitrogen and oxygen atoms in total. The van der Waals surface area contributed by atoms with Crippen molar-refractivity contribution in [1.29, 1.82) is 0 Å². The average Bonchev–Trinajstić information content (AvgIpc) is 2.00. The molecule has 0 aliphatic carbocycles. The van der Waals surface area contributed by atoms with Gasteiger partial charge in [0.25, 0.3) is 0 Å². The number of hydrogen-bond acceptors (Lipinski definition) is 3. The van der Waals surface area contributed by atoms with Crippen molar-refractivity contribution < 1.29 is 16.5 Å². The molecule has 15 heavy (non-hydrogen) atoms. The minimum atomic E-state index is -3.63. The second kappa shape index (κ2) is 3.83. The first-order chi connectivity index (χ1) is 6.72. The Balaban J connectivity index is 2.98. The number of nitrogens with zero attached hydrogens (tertiary/aromatic N) is 1. The molecule has 0 amide bonds. The highest BCUT2D eigenvalue weighted by Gasteiger charge is 2.30. The summed E-state index contributed by atoms with van der Waals surface area (Å²) in [5.41, 5.74) is 0.962. The van der Waals surface area contributed by atoms with Crippen LogP contribution in [-0.2, 0) is 10.3 Å². The van der Waals surface area contributed by atoms with E-state index in [4.69, 9.17) is 4.18 Å². The first kappa shape index (κ1) is 12.0. The predicted molar refractivity (Wildman–Crippen MR) is 58.8 cm³/mol. The van der Waals surface area contributed by atoms with Crippen molar-refractivity contribution in [3.8, 4) is 5.75 Å². The lowest BCUT2D eigenvalue weighted by atomic mass is 10.2. The molecule has 0 bridgehead atoms. The second-order valence-electron chi connectivity index (χ2n) is 4.22. The van der Waals surface area contributed by atoms with Crippen molar-refractivity contribution in [3.05, 3.63) is 29.8 Å². The first-order valence-corrected chi connectivity index (χ1v) is 5.91. The Morgan fingerprint density at radius 3 is 2.27 bits per heavy atom. The Bertz CT molecular complexity index is 446. The molecule has 0 aliphatic heterocycles. The third kappa shape index (κ3) is 2.94. The summed E-state index contributed by atoms with van der Waals surface area (Å²) in [6.45, 7) is 1.88. The molecule has 0 saturated carbocycles. The molecule has 0 aliphatic rings. The predicted octanol–water partition coefficient (Wildman–Crippen LogP) is 1.32. The molecular weight excluding hydrogens is 214 g/mol. The van der Waals surface area contributed by atoms with E-state index in [0.717, 1.165) is 5.56 Å². The van der Waals surface area contributed by atoms with Crippen molar-refractivity contribution >= 4 is 10.3 Å². The maximum atomic E-state index is 11.7. The summed E-state index contributed by atoms with van der Waals surface area (Å²) in [4.78, 5) is 0. The van der Waals surface area contributed by atoms with Gasteiger partial charge in [-0.15, -0.1) is 8.42 Å². The van der Waals surface area contributed by atoms with Gasteiger partial charge in [0.1, 0.15) is 5.75 Å². The Labute approximate surface area is 90.9 Å². The van der Waals surface area contributed by atoms with E-state index in [1.807, 2.05) is 13.0 Å². The number of benzene rings is 1. The lowest BCUT2D eigenvalue weighted by Gasteiger charge is -2.21. The zero-order valence-electron chi connectivity index (χ0n) is 9.39. The zero-order valence-corrected chi connectivity index (χ0v) is 10.2. The highest BCUT2D eigenvalue weighted by atomic mass is 32.2. The quantitative estimate of drug-likeness (QED) is 0.736. The fraction of sp³-hybridized carbons (Fsp3) is 0.400. The molecule has 1 aromatic rings. The molecular formula is C10H16NO3S+. The van der Waals surface area contributed by atoms with Crippen LogP contribution < -0.4 is 4.18 Å². The molecule has 0 radical (unpaired) electrons. The fourth-order valence-electron chi connectivity index (χ4n) is 0.901. The maximum Gasteiger partial charge on any atom is 0.484 e. The summed E-state index contributed by atoms with van der Waals surface area (Å²) in [6, 6.07) is 6.95. The van der Waals surface area contributed by atoms with Gasteiger partial charge >= 0.3 is 10.3 Å². The van der Waals surface area contributed by atoms with E-state index >= 15 is 0 Å². The molecule has 0 spiro atoms. The Hall–Kier alpha value is -1.07. The summed E-state index contributed by atoms with van der Waals surface area (Å²) in [7, 11) is 1.01. The van der Waals surface area contributed by atoms with Crippen LogP contribution in [0.15, 0.2) is 24.3 Å². The monoisotopic (exact) mass is 230 g/mol. The van der Waals surface area contributed by atoms with E-state index in [-0.39, 0.29) is 3.89 Å². The number of quaternary nitrogens is 1. The van der Waals surface area contributed by atoms with Gasteiger partial charge in [-0.25, -0.2) is 0 Å². The van der Waals surface area contributed by atoms with Crippen LogP contribution in [0, 0.1) is 6.92 Å². The van der Waals surface area contributed by atoms with Gasteiger partial charge in [-0.05, 0) is 24.6 Å². The van der Waals surface area contributed by atoms with Crippen molar-refractivity contribution in [1.82, 2.24) is 0 Å². The molecule has 0 aromatic heterocycles. The van der Waals surface area contributed by atoms with Gasteiger partial charge in [0.15, 0.2) is 0 Å². The Morgan fingerprint density at radius 1 is 1.20 bits per heavy atom. The summed E-state index contributed by atoms with van der Waals surface area (Å²) < 4.78 is 28.1. The van der Waals surface area contributed by atoms with Crippen molar-refractivity contribution in [2.45, 2.75) is 6.92 Å². The van der Waals surface area contributed by atoms with Crippen molar-refractivity contribution in [3.63, 3.8) is 0 Å². The molecule has 0 atom stereocenters. The largest absolute Gasteiger partial charge is 0.484 e. The van der Waals surface area contributed by atoms with Crippen LogP contribution in [0.5, 0.6) is 5.75 Å². The summed E-state index contributed by atoms with van der Waals surface area (Å²) in [6.07, 6.45) is 0. The summed E-state index contributed by atoms with van der Waals surface area (Å²) in [5, 5.41) is 0. The molecule has 0 unspecified atom stereocenters. The lowest BCUT2D eigenvalue weighted by Crippen LogP contribution is -2.43. The van der Waals surface area contributed by atoms with Crippen LogP contribution in [0.25, 0.3) is 0 Å². The van der Waals surface area contributed by atoms with Crippen LogP contribution >= 0.6 is 0 Å². The van der Waals surface area contributed by atoms with Gasteiger partial charge in [-0.2, -0.15) is 3.89 Å². The molecule has 0 saturated heterocycles. The van der Waals surface area contributed by atoms with Crippen molar-refractivity contribution in [2.24, 2.45) is 0 Å². The van der Waals surface area contributed by atoms with Crippen LogP contribution in [0.4, 0.5) is 0 Å². The van der Waals surface area contributed by atoms with Crippen molar-refractivity contribution in [2.75, 3.05) is 21.1 Å². The Kier molecular flexibility index (Phi) is 3.06. The molecule has 0 fully saturated rings. The topological polar surface area (TPSA) is 43.4 Å². The van der Waals surface area contributed by atoms with E-state index in [1.165, 1.54) is 0 Å². The standard InChI is InChI=1S/C10H16NO3S/c1-9-6-5-7-10(8-9)14-15(12,13)11(2,3)4/h5-8H,1-4H3/q+1. The zero-order chi connectivity index (χ0) is 11.7. The SMILES string of the molecule is Cc1cccc(OS(=O)(=O)[N+](C)(C)C)c1. The van der Waals surface area contributed by atoms with Gasteiger partial charge in [0.05, 0.1) is 21.1 Å². The fourth-order valence-corrected chi connectivity index (χ4v) is 1.47. The third-order valence-corrected chi connectivity index (χ3v) is 3.61. The summed E-state index contributed by atoms with van der Waals surface area (Å²) in [5.74, 6) is 0.350. The molecule has 0 N–H and O–H groups in total. The smallest absolute Gasteiger partial charge is 0.341 e. The van der Waals surface area contributed by atoms with Gasteiger partial charge in [0.2, 0.25) is 0 Å². The molecule has 1 rings (SSSR count). The lowest BCUT2D eigenvalue weighted by molar-refractivity contribution is -0.743. The third-order valence-electron chi connectivity index (χ3n) is 1.86. The highest BCUT2D eigenvalue weighted by molar-refractivity contribution is 7.81. The van der Waals surface area contributed by atoms with Crippen LogP contribution in [-0.4, -0.2) is 33.4 Å². The minimum absolute atomic E-state index is 0.263. The van der Waals surface area contributed by atoms with Crippen LogP contribution in [0.1, 0.15) is 5.56 Å². The normalized spacial score (nSPS) is 12.5. The molecule has 1 aromatic carbocycles. The van der Waals surface area contributed by atoms with Crippen LogP contribution in [0.3, 0.4) is 0 Å². The number of hydrogen-bond donors (Lipinski definition) is 0. The first-order valence-electron chi connectivity index (χ1n) is 4.55. The van der Waals surface area contributed by atoms with E-state index in [0.29, 0.717) is 5.75 Å². The minimum Gasteiger partial charge on any atom is -0.341 e. The maximum absolute atomic E-state index is 11.7. The molecule has 0 heterocycles. The Morgan fingerprint density at radius 2 is 1.80 bits per heavy atom. The molecule has 84 valence electrons. The average molecular weight is 230 g/mol. The van der Waals surface area contributed by atoms with E-state index < -0.39 is 10.3 Å². The highest BCUT2D eigenvalue weighted by Crippen LogP contribution is 2.17.